The summed E-state index contributed by atoms with van der Waals surface area (Å²) in [4.78, 5) is 25.1. The summed E-state index contributed by atoms with van der Waals surface area (Å²) in [5.41, 5.74) is 1.42. The number of anilines is 1. The van der Waals surface area contributed by atoms with Gasteiger partial charge in [-0.25, -0.2) is 4.39 Å². The van der Waals surface area contributed by atoms with E-state index >= 15 is 0 Å². The second-order valence-corrected chi connectivity index (χ2v) is 6.86. The van der Waals surface area contributed by atoms with Gasteiger partial charge in [0, 0.05) is 30.8 Å². The molecule has 1 atom stereocenters. The van der Waals surface area contributed by atoms with Gasteiger partial charge in [-0.3, -0.25) is 14.9 Å². The third-order valence-electron chi connectivity index (χ3n) is 4.84. The molecule has 0 radical (unpaired) electrons. The Kier molecular flexibility index (Phi) is 5.77. The number of carbonyl (C=O) groups excluding carboxylic acids is 1. The van der Waals surface area contributed by atoms with Crippen LogP contribution in [0, 0.1) is 22.9 Å². The predicted molar refractivity (Wildman–Crippen MR) is 103 cm³/mol. The molecule has 3 rings (SSSR count). The van der Waals surface area contributed by atoms with Gasteiger partial charge in [0.05, 0.1) is 17.7 Å². The maximum Gasteiger partial charge on any atom is 0.311 e. The van der Waals surface area contributed by atoms with Crippen LogP contribution in [0.5, 0.6) is 5.75 Å². The monoisotopic (exact) mass is 387 g/mol. The third kappa shape index (κ3) is 4.21. The zero-order valence-corrected chi connectivity index (χ0v) is 15.8. The Hall–Kier alpha value is -3.16. The summed E-state index contributed by atoms with van der Waals surface area (Å²) in [6.45, 7) is 3.09. The second-order valence-electron chi connectivity index (χ2n) is 6.86. The molecule has 7 nitrogen and oxygen atoms in total. The van der Waals surface area contributed by atoms with Crippen molar-refractivity contribution < 1.29 is 18.8 Å². The van der Waals surface area contributed by atoms with Gasteiger partial charge in [-0.15, -0.1) is 0 Å². The fourth-order valence-corrected chi connectivity index (χ4v) is 3.42. The maximum atomic E-state index is 14.2. The molecule has 0 saturated carbocycles. The van der Waals surface area contributed by atoms with Gasteiger partial charge in [0.1, 0.15) is 5.82 Å². The van der Waals surface area contributed by atoms with Crippen molar-refractivity contribution in [3.8, 4) is 5.75 Å². The number of nitrogens with one attached hydrogen (secondary N) is 1. The van der Waals surface area contributed by atoms with Crippen molar-refractivity contribution >= 4 is 17.3 Å². The summed E-state index contributed by atoms with van der Waals surface area (Å²) in [6, 6.07) is 8.88. The number of hydrogen-bond acceptors (Lipinski definition) is 5. The molecular weight excluding hydrogens is 365 g/mol. The first-order valence-corrected chi connectivity index (χ1v) is 9.03. The molecule has 28 heavy (non-hydrogen) atoms. The van der Waals surface area contributed by atoms with Gasteiger partial charge in [0.2, 0.25) is 0 Å². The number of amides is 1. The van der Waals surface area contributed by atoms with E-state index in [9.17, 15) is 19.3 Å². The van der Waals surface area contributed by atoms with Gasteiger partial charge in [-0.2, -0.15) is 0 Å². The number of piperidine rings is 1. The minimum atomic E-state index is -0.585. The lowest BCUT2D eigenvalue weighted by molar-refractivity contribution is -0.385. The first-order chi connectivity index (χ1) is 13.4. The Morgan fingerprint density at radius 3 is 2.82 bits per heavy atom. The Bertz CT molecular complexity index is 903. The standard InChI is InChI=1S/C20H22FN3O4/c1-13-5-7-16(21)17(10-13)23-9-3-4-15(12-23)22-20(25)14-6-8-19(28-2)18(11-14)24(26)27/h5-8,10-11,15H,3-4,9,12H2,1-2H3,(H,22,25). The molecule has 148 valence electrons. The lowest BCUT2D eigenvalue weighted by Gasteiger charge is -2.35. The molecule has 0 bridgehead atoms. The zero-order chi connectivity index (χ0) is 20.3. The fourth-order valence-electron chi connectivity index (χ4n) is 3.42. The highest BCUT2D eigenvalue weighted by molar-refractivity contribution is 5.95. The highest BCUT2D eigenvalue weighted by Gasteiger charge is 2.25. The molecule has 1 aliphatic rings. The first-order valence-electron chi connectivity index (χ1n) is 9.03. The average molecular weight is 387 g/mol. The molecule has 0 aromatic heterocycles. The van der Waals surface area contributed by atoms with Gasteiger partial charge >= 0.3 is 5.69 Å². The third-order valence-corrected chi connectivity index (χ3v) is 4.84. The number of nitro groups is 1. The number of hydrogen-bond donors (Lipinski definition) is 1. The lowest BCUT2D eigenvalue weighted by atomic mass is 10.0. The van der Waals surface area contributed by atoms with Crippen LogP contribution in [0.4, 0.5) is 15.8 Å². The number of ether oxygens (including phenoxy) is 1. The van der Waals surface area contributed by atoms with E-state index in [-0.39, 0.29) is 28.9 Å². The van der Waals surface area contributed by atoms with Crippen molar-refractivity contribution in [2.24, 2.45) is 0 Å². The SMILES string of the molecule is COc1ccc(C(=O)NC2CCCN(c3cc(C)ccc3F)C2)cc1[N+](=O)[O-]. The van der Waals surface area contributed by atoms with Crippen LogP contribution in [0.15, 0.2) is 36.4 Å². The smallest absolute Gasteiger partial charge is 0.311 e. The van der Waals surface area contributed by atoms with Gasteiger partial charge in [0.25, 0.3) is 5.91 Å². The van der Waals surface area contributed by atoms with Crippen LogP contribution >= 0.6 is 0 Å². The van der Waals surface area contributed by atoms with E-state index in [0.717, 1.165) is 18.4 Å². The van der Waals surface area contributed by atoms with Crippen LogP contribution in [0.1, 0.15) is 28.8 Å². The minimum absolute atomic E-state index is 0.0975. The Morgan fingerprint density at radius 2 is 2.11 bits per heavy atom. The summed E-state index contributed by atoms with van der Waals surface area (Å²) in [6.07, 6.45) is 1.56. The number of aryl methyl sites for hydroxylation is 1. The van der Waals surface area contributed by atoms with E-state index in [0.29, 0.717) is 18.8 Å². The zero-order valence-electron chi connectivity index (χ0n) is 15.8. The van der Waals surface area contributed by atoms with Crippen LogP contribution in [-0.4, -0.2) is 37.1 Å². The summed E-state index contributed by atoms with van der Waals surface area (Å²) in [7, 11) is 1.34. The minimum Gasteiger partial charge on any atom is -0.490 e. The molecule has 2 aromatic carbocycles. The van der Waals surface area contributed by atoms with Crippen LogP contribution < -0.4 is 15.0 Å². The molecule has 1 aliphatic heterocycles. The van der Waals surface area contributed by atoms with Crippen molar-refractivity contribution in [2.45, 2.75) is 25.8 Å². The van der Waals surface area contributed by atoms with Crippen LogP contribution in [0.2, 0.25) is 0 Å². The molecule has 8 heteroatoms. The molecule has 1 heterocycles. The lowest BCUT2D eigenvalue weighted by Crippen LogP contribution is -2.48. The number of halogens is 1. The summed E-state index contributed by atoms with van der Waals surface area (Å²) in [5, 5.41) is 14.1. The Labute approximate surface area is 162 Å². The number of nitrogens with zero attached hydrogens (tertiary/aromatic N) is 2. The summed E-state index contributed by atoms with van der Waals surface area (Å²) < 4.78 is 19.2. The Morgan fingerprint density at radius 1 is 1.32 bits per heavy atom. The van der Waals surface area contributed by atoms with Crippen LogP contribution in [0.3, 0.4) is 0 Å². The second kappa shape index (κ2) is 8.24. The van der Waals surface area contributed by atoms with Crippen molar-refractivity contribution in [2.75, 3.05) is 25.1 Å². The van der Waals surface area contributed by atoms with Gasteiger partial charge in [-0.1, -0.05) is 6.07 Å². The van der Waals surface area contributed by atoms with Crippen molar-refractivity contribution in [1.29, 1.82) is 0 Å². The molecule has 1 N–H and O–H groups in total. The molecule has 1 amide bonds. The number of rotatable bonds is 5. The number of nitro benzene ring substituents is 1. The normalized spacial score (nSPS) is 16.5. The number of benzene rings is 2. The van der Waals surface area contributed by atoms with E-state index in [1.54, 1.807) is 12.1 Å². The van der Waals surface area contributed by atoms with E-state index in [4.69, 9.17) is 4.74 Å². The predicted octanol–water partition coefficient (Wildman–Crippen LogP) is 3.45. The van der Waals surface area contributed by atoms with Crippen molar-refractivity contribution in [3.63, 3.8) is 0 Å². The summed E-state index contributed by atoms with van der Waals surface area (Å²) in [5.74, 6) is -0.592. The van der Waals surface area contributed by atoms with Crippen LogP contribution in [-0.2, 0) is 0 Å². The molecule has 1 saturated heterocycles. The van der Waals surface area contributed by atoms with E-state index in [1.165, 1.54) is 31.4 Å². The van der Waals surface area contributed by atoms with Crippen LogP contribution in [0.25, 0.3) is 0 Å². The molecule has 1 unspecified atom stereocenters. The highest BCUT2D eigenvalue weighted by atomic mass is 19.1. The van der Waals surface area contributed by atoms with Gasteiger partial charge in [0.15, 0.2) is 5.75 Å². The molecule has 1 fully saturated rings. The number of methoxy groups -OCH3 is 1. The van der Waals surface area contributed by atoms with Crippen molar-refractivity contribution in [1.82, 2.24) is 5.32 Å². The molecule has 0 spiro atoms. The van der Waals surface area contributed by atoms with E-state index < -0.39 is 10.8 Å². The highest BCUT2D eigenvalue weighted by Crippen LogP contribution is 2.28. The maximum absolute atomic E-state index is 14.2. The topological polar surface area (TPSA) is 84.7 Å². The molecule has 0 aliphatic carbocycles. The summed E-state index contributed by atoms with van der Waals surface area (Å²) >= 11 is 0. The van der Waals surface area contributed by atoms with Gasteiger partial charge < -0.3 is 15.0 Å². The molecule has 2 aromatic rings. The van der Waals surface area contributed by atoms with Gasteiger partial charge in [-0.05, 0) is 49.6 Å². The molecular formula is C20H22FN3O4. The average Bonchev–Trinajstić information content (AvgIpc) is 2.69. The van der Waals surface area contributed by atoms with E-state index in [2.05, 4.69) is 5.32 Å². The quantitative estimate of drug-likeness (QED) is 0.627. The fraction of sp³-hybridized carbons (Fsp3) is 0.350. The number of carbonyl (C=O) groups is 1. The Balaban J connectivity index is 1.73. The largest absolute Gasteiger partial charge is 0.490 e. The first kappa shape index (κ1) is 19.6. The van der Waals surface area contributed by atoms with E-state index in [1.807, 2.05) is 11.8 Å². The van der Waals surface area contributed by atoms with Crippen molar-refractivity contribution in [3.05, 3.63) is 63.5 Å².